The molecule has 17 heavy (non-hydrogen) atoms. The Morgan fingerprint density at radius 2 is 1.88 bits per heavy atom. The molecule has 1 saturated heterocycles. The van der Waals surface area contributed by atoms with Crippen LogP contribution in [0.1, 0.15) is 74.0 Å². The zero-order chi connectivity index (χ0) is 11.5. The van der Waals surface area contributed by atoms with Crippen molar-refractivity contribution in [3.05, 3.63) is 16.1 Å². The quantitative estimate of drug-likeness (QED) is 0.802. The van der Waals surface area contributed by atoms with E-state index in [1.165, 1.54) is 68.6 Å². The lowest BCUT2D eigenvalue weighted by Crippen LogP contribution is -2.13. The summed E-state index contributed by atoms with van der Waals surface area (Å²) >= 11 is 1.90. The van der Waals surface area contributed by atoms with Crippen LogP contribution >= 0.6 is 11.3 Å². The van der Waals surface area contributed by atoms with Gasteiger partial charge in [0.1, 0.15) is 0 Å². The summed E-state index contributed by atoms with van der Waals surface area (Å²) in [6, 6.07) is 0.547. The molecule has 2 fully saturated rings. The van der Waals surface area contributed by atoms with E-state index in [4.69, 9.17) is 4.98 Å². The van der Waals surface area contributed by atoms with E-state index in [0.29, 0.717) is 6.04 Å². The molecule has 0 aromatic carbocycles. The minimum Gasteiger partial charge on any atom is -0.309 e. The highest BCUT2D eigenvalue weighted by Crippen LogP contribution is 2.35. The zero-order valence-electron chi connectivity index (χ0n) is 10.5. The van der Waals surface area contributed by atoms with Crippen molar-refractivity contribution in [2.45, 2.75) is 63.3 Å². The van der Waals surface area contributed by atoms with Crippen molar-refractivity contribution in [3.8, 4) is 0 Å². The topological polar surface area (TPSA) is 24.9 Å². The summed E-state index contributed by atoms with van der Waals surface area (Å²) in [6.45, 7) is 1.17. The van der Waals surface area contributed by atoms with Gasteiger partial charge in [0.05, 0.1) is 16.7 Å². The average Bonchev–Trinajstić information content (AvgIpc) is 2.95. The summed E-state index contributed by atoms with van der Waals surface area (Å²) in [4.78, 5) is 4.91. The summed E-state index contributed by atoms with van der Waals surface area (Å²) in [6.07, 6.45) is 11.0. The Balaban J connectivity index is 1.70. The van der Waals surface area contributed by atoms with Gasteiger partial charge in [-0.1, -0.05) is 25.7 Å². The van der Waals surface area contributed by atoms with Crippen molar-refractivity contribution in [3.63, 3.8) is 0 Å². The molecule has 0 unspecified atom stereocenters. The third-order valence-electron chi connectivity index (χ3n) is 4.16. The van der Waals surface area contributed by atoms with Gasteiger partial charge in [-0.15, -0.1) is 11.3 Å². The van der Waals surface area contributed by atoms with Crippen LogP contribution in [0, 0.1) is 0 Å². The second-order valence-electron chi connectivity index (χ2n) is 5.45. The molecule has 0 amide bonds. The Bertz CT molecular complexity index is 347. The van der Waals surface area contributed by atoms with E-state index in [9.17, 15) is 0 Å². The van der Waals surface area contributed by atoms with Crippen LogP contribution in [0.2, 0.25) is 0 Å². The van der Waals surface area contributed by atoms with Gasteiger partial charge in [-0.2, -0.15) is 0 Å². The maximum Gasteiger partial charge on any atom is 0.0959 e. The Morgan fingerprint density at radius 1 is 1.06 bits per heavy atom. The van der Waals surface area contributed by atoms with Crippen molar-refractivity contribution in [2.24, 2.45) is 0 Å². The number of rotatable bonds is 2. The molecule has 3 heteroatoms. The van der Waals surface area contributed by atoms with Gasteiger partial charge in [-0.3, -0.25) is 0 Å². The fraction of sp³-hybridized carbons (Fsp3) is 0.786. The fourth-order valence-electron chi connectivity index (χ4n) is 3.11. The van der Waals surface area contributed by atoms with Crippen molar-refractivity contribution >= 4 is 11.3 Å². The minimum atomic E-state index is 0.547. The van der Waals surface area contributed by atoms with Crippen LogP contribution in [-0.4, -0.2) is 11.5 Å². The first-order valence-electron chi connectivity index (χ1n) is 7.12. The van der Waals surface area contributed by atoms with Crippen molar-refractivity contribution in [1.82, 2.24) is 10.3 Å². The van der Waals surface area contributed by atoms with E-state index < -0.39 is 0 Å². The third-order valence-corrected chi connectivity index (χ3v) is 5.19. The highest BCUT2D eigenvalue weighted by atomic mass is 32.1. The SMILES string of the molecule is c1sc(C2CCCCCC2)nc1[C@@H]1CCCN1. The third kappa shape index (κ3) is 2.71. The van der Waals surface area contributed by atoms with E-state index in [2.05, 4.69) is 10.7 Å². The maximum absolute atomic E-state index is 4.91. The Morgan fingerprint density at radius 3 is 2.59 bits per heavy atom. The van der Waals surface area contributed by atoms with Crippen molar-refractivity contribution < 1.29 is 0 Å². The number of aromatic nitrogens is 1. The molecule has 2 nitrogen and oxygen atoms in total. The monoisotopic (exact) mass is 250 g/mol. The smallest absolute Gasteiger partial charge is 0.0959 e. The first-order valence-corrected chi connectivity index (χ1v) is 8.00. The van der Waals surface area contributed by atoms with Crippen molar-refractivity contribution in [1.29, 1.82) is 0 Å². The molecule has 1 atom stereocenters. The lowest BCUT2D eigenvalue weighted by atomic mass is 10.0. The largest absolute Gasteiger partial charge is 0.309 e. The van der Waals surface area contributed by atoms with E-state index in [0.717, 1.165) is 5.92 Å². The number of hydrogen-bond acceptors (Lipinski definition) is 3. The zero-order valence-corrected chi connectivity index (χ0v) is 11.3. The van der Waals surface area contributed by atoms with E-state index in [1.54, 1.807) is 0 Å². The van der Waals surface area contributed by atoms with Gasteiger partial charge in [0.2, 0.25) is 0 Å². The van der Waals surface area contributed by atoms with Gasteiger partial charge in [-0.25, -0.2) is 4.98 Å². The lowest BCUT2D eigenvalue weighted by Gasteiger charge is -2.10. The van der Waals surface area contributed by atoms with Gasteiger partial charge in [0, 0.05) is 11.3 Å². The Hall–Kier alpha value is -0.410. The molecular formula is C14H22N2S. The highest BCUT2D eigenvalue weighted by Gasteiger charge is 2.22. The molecule has 1 aromatic rings. The summed E-state index contributed by atoms with van der Waals surface area (Å²) in [5.74, 6) is 0.762. The molecule has 2 heterocycles. The van der Waals surface area contributed by atoms with E-state index >= 15 is 0 Å². The highest BCUT2D eigenvalue weighted by molar-refractivity contribution is 7.09. The fourth-order valence-corrected chi connectivity index (χ4v) is 4.16. The molecule has 0 spiro atoms. The van der Waals surface area contributed by atoms with Crippen molar-refractivity contribution in [2.75, 3.05) is 6.54 Å². The van der Waals surface area contributed by atoms with Crippen LogP contribution in [0.3, 0.4) is 0 Å². The molecule has 1 aliphatic carbocycles. The van der Waals surface area contributed by atoms with E-state index in [-0.39, 0.29) is 0 Å². The maximum atomic E-state index is 4.91. The summed E-state index contributed by atoms with van der Waals surface area (Å²) in [5, 5.41) is 7.25. The Labute approximate surface area is 108 Å². The summed E-state index contributed by atoms with van der Waals surface area (Å²) in [7, 11) is 0. The second kappa shape index (κ2) is 5.49. The molecule has 1 saturated carbocycles. The van der Waals surface area contributed by atoms with Crippen LogP contribution in [0.25, 0.3) is 0 Å². The molecular weight excluding hydrogens is 228 g/mol. The van der Waals surface area contributed by atoms with Gasteiger partial charge in [0.15, 0.2) is 0 Å². The standard InChI is InChI=1S/C14H22N2S/c1-2-4-7-11(6-3-1)14-16-13(10-17-14)12-8-5-9-15-12/h10-12,15H,1-9H2/t12-/m0/s1. The first kappa shape index (κ1) is 11.7. The predicted octanol–water partition coefficient (Wildman–Crippen LogP) is 4.01. The number of hydrogen-bond donors (Lipinski definition) is 1. The normalized spacial score (nSPS) is 27.2. The van der Waals surface area contributed by atoms with Gasteiger partial charge in [0.25, 0.3) is 0 Å². The van der Waals surface area contributed by atoms with E-state index in [1.807, 2.05) is 11.3 Å². The number of nitrogens with zero attached hydrogens (tertiary/aromatic N) is 1. The van der Waals surface area contributed by atoms with Crippen LogP contribution < -0.4 is 5.32 Å². The Kier molecular flexibility index (Phi) is 3.77. The lowest BCUT2D eigenvalue weighted by molar-refractivity contribution is 0.577. The molecule has 1 N–H and O–H groups in total. The van der Waals surface area contributed by atoms with Gasteiger partial charge >= 0.3 is 0 Å². The predicted molar refractivity (Wildman–Crippen MR) is 72.5 cm³/mol. The summed E-state index contributed by atoms with van der Waals surface area (Å²) in [5.41, 5.74) is 1.31. The molecule has 1 aromatic heterocycles. The average molecular weight is 250 g/mol. The van der Waals surface area contributed by atoms with Gasteiger partial charge in [-0.05, 0) is 32.2 Å². The number of nitrogens with one attached hydrogen (secondary N) is 1. The molecule has 2 aliphatic rings. The molecule has 3 rings (SSSR count). The van der Waals surface area contributed by atoms with Crippen LogP contribution in [-0.2, 0) is 0 Å². The molecule has 1 aliphatic heterocycles. The van der Waals surface area contributed by atoms with Crippen LogP contribution in [0.4, 0.5) is 0 Å². The second-order valence-corrected chi connectivity index (χ2v) is 6.34. The molecule has 94 valence electrons. The molecule has 0 bridgehead atoms. The first-order chi connectivity index (χ1) is 8.43. The van der Waals surface area contributed by atoms with Crippen LogP contribution in [0.5, 0.6) is 0 Å². The van der Waals surface area contributed by atoms with Gasteiger partial charge < -0.3 is 5.32 Å². The molecule has 0 radical (unpaired) electrons. The van der Waals surface area contributed by atoms with Crippen LogP contribution in [0.15, 0.2) is 5.38 Å². The number of thiazole rings is 1. The minimum absolute atomic E-state index is 0.547. The summed E-state index contributed by atoms with van der Waals surface area (Å²) < 4.78 is 0.